The van der Waals surface area contributed by atoms with Crippen molar-refractivity contribution in [3.8, 4) is 0 Å². The number of carbonyl (C=O) groups is 2. The van der Waals surface area contributed by atoms with Crippen LogP contribution in [-0.4, -0.2) is 21.8 Å². The number of benzene rings is 4. The highest BCUT2D eigenvalue weighted by molar-refractivity contribution is 6.04. The molecule has 0 aliphatic heterocycles. The molecule has 6 aromatic rings. The highest BCUT2D eigenvalue weighted by Crippen LogP contribution is 2.27. The molecule has 4 aromatic carbocycles. The number of hydrogen-bond donors (Lipinski definition) is 2. The summed E-state index contributed by atoms with van der Waals surface area (Å²) in [6.07, 6.45) is 3.00. The van der Waals surface area contributed by atoms with E-state index in [1.165, 1.54) is 0 Å². The number of unbranched alkanes of at least 4 members (excludes halogenated alkanes) is 2. The number of para-hydroxylation sites is 4. The van der Waals surface area contributed by atoms with Crippen molar-refractivity contribution in [2.45, 2.75) is 32.1 Å². The quantitative estimate of drug-likeness (QED) is 0.162. The molecular weight excluding hydrogens is 484 g/mol. The minimum absolute atomic E-state index is 0.0454. The van der Waals surface area contributed by atoms with E-state index >= 15 is 0 Å². The first kappa shape index (κ1) is 24.5. The SMILES string of the molecule is O=C(CCCCCC(=O)Nc1cccc2cc3ccccc3nc12)Nc1cccc2cc3ccccc3nc12. The van der Waals surface area contributed by atoms with Crippen LogP contribution in [0, 0.1) is 0 Å². The maximum Gasteiger partial charge on any atom is 0.224 e. The third-order valence-electron chi connectivity index (χ3n) is 6.95. The molecule has 0 atom stereocenters. The van der Waals surface area contributed by atoms with Gasteiger partial charge < -0.3 is 10.6 Å². The van der Waals surface area contributed by atoms with Crippen molar-refractivity contribution in [1.82, 2.24) is 9.97 Å². The van der Waals surface area contributed by atoms with Crippen LogP contribution in [-0.2, 0) is 9.59 Å². The second-order valence-electron chi connectivity index (χ2n) is 9.77. The van der Waals surface area contributed by atoms with Crippen LogP contribution in [0.2, 0.25) is 0 Å². The molecule has 0 aliphatic rings. The second kappa shape index (κ2) is 10.9. The summed E-state index contributed by atoms with van der Waals surface area (Å²) in [7, 11) is 0. The van der Waals surface area contributed by atoms with E-state index in [1.54, 1.807) is 0 Å². The molecule has 2 aromatic heterocycles. The largest absolute Gasteiger partial charge is 0.324 e. The highest BCUT2D eigenvalue weighted by Gasteiger charge is 2.10. The molecule has 2 amide bonds. The monoisotopic (exact) mass is 512 g/mol. The fourth-order valence-corrected chi connectivity index (χ4v) is 4.98. The Hall–Kier alpha value is -4.84. The average molecular weight is 513 g/mol. The Morgan fingerprint density at radius 3 is 1.44 bits per heavy atom. The van der Waals surface area contributed by atoms with E-state index in [2.05, 4.69) is 22.8 Å². The Labute approximate surface area is 226 Å². The molecule has 6 heteroatoms. The van der Waals surface area contributed by atoms with Gasteiger partial charge in [-0.2, -0.15) is 0 Å². The first-order valence-corrected chi connectivity index (χ1v) is 13.3. The molecule has 6 nitrogen and oxygen atoms in total. The van der Waals surface area contributed by atoms with Crippen LogP contribution in [0.1, 0.15) is 32.1 Å². The minimum Gasteiger partial charge on any atom is -0.324 e. The fraction of sp³-hybridized carbons (Fsp3) is 0.152. The summed E-state index contributed by atoms with van der Waals surface area (Å²) >= 11 is 0. The molecular formula is C33H28N4O2. The molecule has 6 rings (SSSR count). The molecule has 0 spiro atoms. The van der Waals surface area contributed by atoms with Gasteiger partial charge in [-0.3, -0.25) is 9.59 Å². The Bertz CT molecular complexity index is 1710. The van der Waals surface area contributed by atoms with Gasteiger partial charge in [0.1, 0.15) is 0 Å². The molecule has 0 saturated carbocycles. The van der Waals surface area contributed by atoms with Gasteiger partial charge >= 0.3 is 0 Å². The number of pyridine rings is 2. The smallest absolute Gasteiger partial charge is 0.224 e. The zero-order chi connectivity index (χ0) is 26.6. The maximum atomic E-state index is 12.7. The number of nitrogens with zero attached hydrogens (tertiary/aromatic N) is 2. The number of carbonyl (C=O) groups excluding carboxylic acids is 2. The van der Waals surface area contributed by atoms with Gasteiger partial charge in [-0.05, 0) is 49.2 Å². The van der Waals surface area contributed by atoms with E-state index in [1.807, 2.05) is 84.9 Å². The third kappa shape index (κ3) is 5.41. The van der Waals surface area contributed by atoms with Gasteiger partial charge in [0.25, 0.3) is 0 Å². The molecule has 0 aliphatic carbocycles. The molecule has 0 bridgehead atoms. The van der Waals surface area contributed by atoms with E-state index in [9.17, 15) is 9.59 Å². The molecule has 0 unspecified atom stereocenters. The number of anilines is 2. The van der Waals surface area contributed by atoms with Crippen molar-refractivity contribution in [1.29, 1.82) is 0 Å². The van der Waals surface area contributed by atoms with Gasteiger partial charge in [0.15, 0.2) is 0 Å². The number of fused-ring (bicyclic) bond motifs is 4. The van der Waals surface area contributed by atoms with Crippen LogP contribution in [0.5, 0.6) is 0 Å². The number of hydrogen-bond acceptors (Lipinski definition) is 4. The third-order valence-corrected chi connectivity index (χ3v) is 6.95. The van der Waals surface area contributed by atoms with Crippen molar-refractivity contribution < 1.29 is 9.59 Å². The van der Waals surface area contributed by atoms with E-state index in [0.29, 0.717) is 25.7 Å². The summed E-state index contributed by atoms with van der Waals surface area (Å²) in [6.45, 7) is 0. The van der Waals surface area contributed by atoms with Gasteiger partial charge in [0.2, 0.25) is 11.8 Å². The highest BCUT2D eigenvalue weighted by atomic mass is 16.2. The molecule has 0 saturated heterocycles. The second-order valence-corrected chi connectivity index (χ2v) is 9.77. The predicted molar refractivity (Wildman–Crippen MR) is 159 cm³/mol. The van der Waals surface area contributed by atoms with Gasteiger partial charge in [-0.25, -0.2) is 9.97 Å². The van der Waals surface area contributed by atoms with E-state index < -0.39 is 0 Å². The van der Waals surface area contributed by atoms with Gasteiger partial charge in [0.05, 0.1) is 33.4 Å². The summed E-state index contributed by atoms with van der Waals surface area (Å²) in [5.74, 6) is -0.0908. The van der Waals surface area contributed by atoms with E-state index in [4.69, 9.17) is 9.97 Å². The first-order chi connectivity index (χ1) is 19.1. The number of aromatic nitrogens is 2. The van der Waals surface area contributed by atoms with Crippen LogP contribution < -0.4 is 10.6 Å². The molecule has 0 fully saturated rings. The number of nitrogens with one attached hydrogen (secondary N) is 2. The normalized spacial score (nSPS) is 11.3. The van der Waals surface area contributed by atoms with Crippen molar-refractivity contribution >= 4 is 66.8 Å². The summed E-state index contributed by atoms with van der Waals surface area (Å²) in [6, 6.07) is 31.8. The van der Waals surface area contributed by atoms with Crippen LogP contribution in [0.15, 0.2) is 97.1 Å². The standard InChI is InChI=1S/C33H28N4O2/c38-30(34-28-16-8-12-24-20-22-10-4-6-14-26(22)36-32(24)28)18-2-1-3-19-31(39)35-29-17-9-13-25-21-23-11-5-7-15-27(23)37-33(25)29/h4-17,20-21H,1-3,18-19H2,(H,34,38)(H,35,39). The maximum absolute atomic E-state index is 12.7. The molecule has 192 valence electrons. The lowest BCUT2D eigenvalue weighted by Crippen LogP contribution is -2.13. The lowest BCUT2D eigenvalue weighted by atomic mass is 10.1. The Kier molecular flexibility index (Phi) is 6.83. The fourth-order valence-electron chi connectivity index (χ4n) is 4.98. The van der Waals surface area contributed by atoms with E-state index in [-0.39, 0.29) is 11.8 Å². The summed E-state index contributed by atoms with van der Waals surface area (Å²) in [4.78, 5) is 34.8. The average Bonchev–Trinajstić information content (AvgIpc) is 2.95. The predicted octanol–water partition coefficient (Wildman–Crippen LogP) is 7.62. The zero-order valence-corrected chi connectivity index (χ0v) is 21.5. The minimum atomic E-state index is -0.0454. The van der Waals surface area contributed by atoms with E-state index in [0.717, 1.165) is 61.4 Å². The van der Waals surface area contributed by atoms with Crippen molar-refractivity contribution in [2.24, 2.45) is 0 Å². The Morgan fingerprint density at radius 1 is 0.513 bits per heavy atom. The van der Waals surface area contributed by atoms with Crippen molar-refractivity contribution in [3.63, 3.8) is 0 Å². The summed E-state index contributed by atoms with van der Waals surface area (Å²) < 4.78 is 0. The number of rotatable bonds is 8. The summed E-state index contributed by atoms with van der Waals surface area (Å²) in [5, 5.41) is 10.2. The van der Waals surface area contributed by atoms with Crippen molar-refractivity contribution in [2.75, 3.05) is 10.6 Å². The number of amides is 2. The summed E-state index contributed by atoms with van der Waals surface area (Å²) in [5.41, 5.74) is 4.82. The lowest BCUT2D eigenvalue weighted by molar-refractivity contribution is -0.116. The zero-order valence-electron chi connectivity index (χ0n) is 21.5. The van der Waals surface area contributed by atoms with Crippen molar-refractivity contribution in [3.05, 3.63) is 97.1 Å². The lowest BCUT2D eigenvalue weighted by Gasteiger charge is -2.10. The Morgan fingerprint density at radius 2 is 0.949 bits per heavy atom. The van der Waals surface area contributed by atoms with Crippen LogP contribution in [0.3, 0.4) is 0 Å². The molecule has 0 radical (unpaired) electrons. The van der Waals surface area contributed by atoms with Crippen LogP contribution in [0.25, 0.3) is 43.6 Å². The Balaban J connectivity index is 1.01. The first-order valence-electron chi connectivity index (χ1n) is 13.3. The topological polar surface area (TPSA) is 84.0 Å². The molecule has 2 N–H and O–H groups in total. The van der Waals surface area contributed by atoms with Gasteiger partial charge in [0, 0.05) is 34.4 Å². The van der Waals surface area contributed by atoms with Crippen LogP contribution in [0.4, 0.5) is 11.4 Å². The van der Waals surface area contributed by atoms with Gasteiger partial charge in [-0.1, -0.05) is 67.1 Å². The van der Waals surface area contributed by atoms with Crippen LogP contribution >= 0.6 is 0 Å². The molecule has 39 heavy (non-hydrogen) atoms. The molecule has 2 heterocycles. The van der Waals surface area contributed by atoms with Gasteiger partial charge in [-0.15, -0.1) is 0 Å².